The number of piperazine rings is 1. The topological polar surface area (TPSA) is 83.4 Å². The van der Waals surface area contributed by atoms with Crippen molar-refractivity contribution in [3.63, 3.8) is 0 Å². The Balaban J connectivity index is 1.14. The molecular formula is C33H28Cl2F2N6O2. The van der Waals surface area contributed by atoms with E-state index in [-0.39, 0.29) is 39.0 Å². The SMILES string of the molecule is O=C(Nc1c(Cl)cncc1Cl)C(=O)c1cn(CCN2CCN(C(c3ccc(F)cc3)c3ccc(F)cc3)CC2)c2ncccc12. The standard InChI is InChI=1S/C33H28Cl2F2N6O2/c34-27-18-38-19-28(35)29(27)40-33(45)31(44)26-20-43(32-25(26)2-1-11-39-32)17-14-41-12-15-42(16-13-41)30(21-3-7-23(36)8-4-21)22-5-9-24(37)10-6-22/h1-11,18-20,30H,12-17H2,(H,38,40,45). The van der Waals surface area contributed by atoms with Crippen molar-refractivity contribution in [1.82, 2.24) is 24.3 Å². The van der Waals surface area contributed by atoms with Gasteiger partial charge in [0.05, 0.1) is 27.3 Å². The van der Waals surface area contributed by atoms with Crippen molar-refractivity contribution in [2.24, 2.45) is 0 Å². The number of hydrogen-bond donors (Lipinski definition) is 1. The fourth-order valence-corrected chi connectivity index (χ4v) is 6.16. The number of benzene rings is 2. The fraction of sp³-hybridized carbons (Fsp3) is 0.212. The summed E-state index contributed by atoms with van der Waals surface area (Å²) in [6.07, 6.45) is 5.96. The Morgan fingerprint density at radius 2 is 1.44 bits per heavy atom. The summed E-state index contributed by atoms with van der Waals surface area (Å²) in [4.78, 5) is 39.2. The van der Waals surface area contributed by atoms with Gasteiger partial charge in [0, 0.05) is 69.4 Å². The van der Waals surface area contributed by atoms with Crippen LogP contribution in [0.25, 0.3) is 11.0 Å². The maximum absolute atomic E-state index is 13.7. The first-order valence-electron chi connectivity index (χ1n) is 14.3. The minimum atomic E-state index is -0.874. The molecule has 0 spiro atoms. The number of halogens is 4. The fourth-order valence-electron chi connectivity index (χ4n) is 5.70. The van der Waals surface area contributed by atoms with E-state index in [0.717, 1.165) is 37.3 Å². The van der Waals surface area contributed by atoms with Gasteiger partial charge in [0.15, 0.2) is 0 Å². The number of hydrogen-bond acceptors (Lipinski definition) is 6. The quantitative estimate of drug-likeness (QED) is 0.150. The number of Topliss-reactive ketones (excluding diaryl/α,β-unsaturated/α-hetero) is 1. The van der Waals surface area contributed by atoms with E-state index in [1.165, 1.54) is 36.7 Å². The first-order chi connectivity index (χ1) is 21.8. The van der Waals surface area contributed by atoms with Crippen LogP contribution < -0.4 is 5.32 Å². The number of fused-ring (bicyclic) bond motifs is 1. The van der Waals surface area contributed by atoms with E-state index in [9.17, 15) is 18.4 Å². The van der Waals surface area contributed by atoms with Crippen LogP contribution in [0.3, 0.4) is 0 Å². The van der Waals surface area contributed by atoms with Gasteiger partial charge in [-0.3, -0.25) is 24.4 Å². The van der Waals surface area contributed by atoms with E-state index in [0.29, 0.717) is 24.1 Å². The molecule has 4 heterocycles. The van der Waals surface area contributed by atoms with Crippen molar-refractivity contribution < 1.29 is 18.4 Å². The van der Waals surface area contributed by atoms with Crippen molar-refractivity contribution in [2.75, 3.05) is 38.0 Å². The molecular weight excluding hydrogens is 621 g/mol. The molecule has 0 aliphatic carbocycles. The number of pyridine rings is 2. The van der Waals surface area contributed by atoms with Gasteiger partial charge in [-0.1, -0.05) is 47.5 Å². The van der Waals surface area contributed by atoms with Gasteiger partial charge in [-0.25, -0.2) is 13.8 Å². The highest BCUT2D eigenvalue weighted by atomic mass is 35.5. The van der Waals surface area contributed by atoms with Crippen molar-refractivity contribution in [3.8, 4) is 0 Å². The smallest absolute Gasteiger partial charge is 0.296 e. The van der Waals surface area contributed by atoms with E-state index in [4.69, 9.17) is 23.2 Å². The Morgan fingerprint density at radius 3 is 2.04 bits per heavy atom. The number of carbonyl (C=O) groups is 2. The first kappa shape index (κ1) is 30.8. The van der Waals surface area contributed by atoms with Crippen LogP contribution in [-0.4, -0.2) is 68.7 Å². The number of nitrogens with zero attached hydrogens (tertiary/aromatic N) is 5. The molecule has 0 atom stereocenters. The average molecular weight is 650 g/mol. The molecule has 1 aliphatic rings. The van der Waals surface area contributed by atoms with Crippen LogP contribution in [-0.2, 0) is 11.3 Å². The summed E-state index contributed by atoms with van der Waals surface area (Å²) in [6.45, 7) is 4.26. The minimum absolute atomic E-state index is 0.119. The molecule has 1 aliphatic heterocycles. The Morgan fingerprint density at radius 1 is 0.844 bits per heavy atom. The Bertz CT molecular complexity index is 1780. The molecule has 230 valence electrons. The summed E-state index contributed by atoms with van der Waals surface area (Å²) >= 11 is 12.2. The molecule has 6 rings (SSSR count). The second-order valence-electron chi connectivity index (χ2n) is 10.8. The molecule has 1 N–H and O–H groups in total. The summed E-state index contributed by atoms with van der Waals surface area (Å²) in [5.74, 6) is -2.22. The molecule has 1 amide bonds. The van der Waals surface area contributed by atoms with E-state index in [1.54, 1.807) is 48.8 Å². The third-order valence-electron chi connectivity index (χ3n) is 7.98. The molecule has 2 aromatic carbocycles. The molecule has 0 saturated carbocycles. The molecule has 45 heavy (non-hydrogen) atoms. The van der Waals surface area contributed by atoms with Crippen molar-refractivity contribution in [1.29, 1.82) is 0 Å². The van der Waals surface area contributed by atoms with Gasteiger partial charge in [0.2, 0.25) is 0 Å². The van der Waals surface area contributed by atoms with Gasteiger partial charge in [0.1, 0.15) is 17.3 Å². The molecule has 8 nitrogen and oxygen atoms in total. The van der Waals surface area contributed by atoms with Gasteiger partial charge >= 0.3 is 0 Å². The van der Waals surface area contributed by atoms with E-state index in [1.807, 2.05) is 4.57 Å². The van der Waals surface area contributed by atoms with Crippen LogP contribution in [0.2, 0.25) is 10.0 Å². The highest BCUT2D eigenvalue weighted by Crippen LogP contribution is 2.31. The van der Waals surface area contributed by atoms with E-state index >= 15 is 0 Å². The van der Waals surface area contributed by atoms with Crippen LogP contribution >= 0.6 is 23.2 Å². The molecule has 1 fully saturated rings. The lowest BCUT2D eigenvalue weighted by Crippen LogP contribution is -2.48. The number of anilines is 1. The van der Waals surface area contributed by atoms with Crippen molar-refractivity contribution in [3.05, 3.63) is 124 Å². The molecule has 0 bridgehead atoms. The zero-order chi connectivity index (χ0) is 31.5. The largest absolute Gasteiger partial charge is 0.330 e. The summed E-state index contributed by atoms with van der Waals surface area (Å²) in [6, 6.07) is 16.2. The normalized spacial score (nSPS) is 14.2. The highest BCUT2D eigenvalue weighted by molar-refractivity contribution is 6.50. The van der Waals surface area contributed by atoms with Gasteiger partial charge in [-0.15, -0.1) is 0 Å². The van der Waals surface area contributed by atoms with Gasteiger partial charge in [0.25, 0.3) is 11.7 Å². The second-order valence-corrected chi connectivity index (χ2v) is 11.6. The predicted molar refractivity (Wildman–Crippen MR) is 170 cm³/mol. The third kappa shape index (κ3) is 6.74. The summed E-state index contributed by atoms with van der Waals surface area (Å²) < 4.78 is 29.3. The molecule has 1 saturated heterocycles. The van der Waals surface area contributed by atoms with Crippen LogP contribution in [0.1, 0.15) is 27.5 Å². The second kappa shape index (κ2) is 13.4. The number of nitrogens with one attached hydrogen (secondary N) is 1. The van der Waals surface area contributed by atoms with Crippen LogP contribution in [0, 0.1) is 11.6 Å². The third-order valence-corrected chi connectivity index (χ3v) is 8.55. The van der Waals surface area contributed by atoms with Gasteiger partial charge < -0.3 is 9.88 Å². The maximum Gasteiger partial charge on any atom is 0.296 e. The first-order valence-corrected chi connectivity index (χ1v) is 15.1. The maximum atomic E-state index is 13.7. The number of ketones is 1. The van der Waals surface area contributed by atoms with Crippen molar-refractivity contribution >= 4 is 51.6 Å². The molecule has 0 radical (unpaired) electrons. The number of carbonyl (C=O) groups excluding carboxylic acids is 2. The molecule has 5 aromatic rings. The van der Waals surface area contributed by atoms with Gasteiger partial charge in [-0.05, 0) is 47.5 Å². The lowest BCUT2D eigenvalue weighted by Gasteiger charge is -2.40. The van der Waals surface area contributed by atoms with E-state index in [2.05, 4.69) is 25.1 Å². The van der Waals surface area contributed by atoms with Gasteiger partial charge in [-0.2, -0.15) is 0 Å². The van der Waals surface area contributed by atoms with E-state index < -0.39 is 11.7 Å². The predicted octanol–water partition coefficient (Wildman–Crippen LogP) is 6.24. The highest BCUT2D eigenvalue weighted by Gasteiger charge is 2.28. The summed E-state index contributed by atoms with van der Waals surface area (Å²) in [7, 11) is 0. The number of aromatic nitrogens is 3. The Labute approximate surface area is 268 Å². The Hall–Kier alpha value is -4.22. The monoisotopic (exact) mass is 648 g/mol. The van der Waals surface area contributed by atoms with Crippen LogP contribution in [0.4, 0.5) is 14.5 Å². The van der Waals surface area contributed by atoms with Crippen molar-refractivity contribution in [2.45, 2.75) is 12.6 Å². The molecule has 12 heteroatoms. The average Bonchev–Trinajstić information content (AvgIpc) is 3.42. The zero-order valence-corrected chi connectivity index (χ0v) is 25.5. The lowest BCUT2D eigenvalue weighted by atomic mass is 9.96. The molecule has 0 unspecified atom stereocenters. The minimum Gasteiger partial charge on any atom is -0.330 e. The zero-order valence-electron chi connectivity index (χ0n) is 24.0. The number of rotatable bonds is 9. The lowest BCUT2D eigenvalue weighted by molar-refractivity contribution is -0.112. The summed E-state index contributed by atoms with van der Waals surface area (Å²) in [5, 5.41) is 3.31. The number of amides is 1. The summed E-state index contributed by atoms with van der Waals surface area (Å²) in [5.41, 5.74) is 2.82. The van der Waals surface area contributed by atoms with Crippen LogP contribution in [0.5, 0.6) is 0 Å². The Kier molecular flexibility index (Phi) is 9.18. The van der Waals surface area contributed by atoms with Crippen LogP contribution in [0.15, 0.2) is 85.5 Å². The molecule has 3 aromatic heterocycles.